The van der Waals surface area contributed by atoms with Gasteiger partial charge in [0.15, 0.2) is 0 Å². The van der Waals surface area contributed by atoms with E-state index in [1.54, 1.807) is 12.4 Å². The Morgan fingerprint density at radius 3 is 2.71 bits per heavy atom. The molecule has 0 bridgehead atoms. The van der Waals surface area contributed by atoms with E-state index in [0.717, 1.165) is 21.1 Å². The second kappa shape index (κ2) is 4.11. The van der Waals surface area contributed by atoms with Crippen LogP contribution in [0, 0.1) is 4.64 Å². The average molecular weight is 238 g/mol. The zero-order valence-electron chi connectivity index (χ0n) is 9.05. The number of aromatic amines is 1. The lowest BCUT2D eigenvalue weighted by Gasteiger charge is -2.06. The van der Waals surface area contributed by atoms with Crippen LogP contribution in [0.4, 0.5) is 0 Å². The van der Waals surface area contributed by atoms with Crippen LogP contribution in [0.25, 0.3) is 22.0 Å². The van der Waals surface area contributed by atoms with Gasteiger partial charge in [0, 0.05) is 11.6 Å². The van der Waals surface area contributed by atoms with Crippen molar-refractivity contribution in [1.82, 2.24) is 9.97 Å². The summed E-state index contributed by atoms with van der Waals surface area (Å²) in [6.07, 6.45) is 3.60. The molecule has 2 heterocycles. The first kappa shape index (κ1) is 10.2. The number of hydrogen-bond acceptors (Lipinski definition) is 2. The lowest BCUT2D eigenvalue weighted by Crippen LogP contribution is -1.86. The van der Waals surface area contributed by atoms with Gasteiger partial charge >= 0.3 is 0 Å². The zero-order valence-corrected chi connectivity index (χ0v) is 9.87. The van der Waals surface area contributed by atoms with Gasteiger partial charge in [0.1, 0.15) is 4.64 Å². The van der Waals surface area contributed by atoms with E-state index in [-0.39, 0.29) is 0 Å². The molecular formula is C14H10N2S. The van der Waals surface area contributed by atoms with Gasteiger partial charge in [0.25, 0.3) is 0 Å². The molecule has 1 N–H and O–H groups in total. The summed E-state index contributed by atoms with van der Waals surface area (Å²) in [6, 6.07) is 14.2. The highest BCUT2D eigenvalue weighted by atomic mass is 32.1. The highest BCUT2D eigenvalue weighted by Crippen LogP contribution is 2.26. The molecule has 3 rings (SSSR count). The Hall–Kier alpha value is -2.00. The third kappa shape index (κ3) is 1.85. The smallest absolute Gasteiger partial charge is 0.104 e. The van der Waals surface area contributed by atoms with Crippen molar-refractivity contribution in [3.63, 3.8) is 0 Å². The first-order chi connectivity index (χ1) is 8.34. The molecule has 0 atom stereocenters. The van der Waals surface area contributed by atoms with Crippen molar-refractivity contribution in [2.75, 3.05) is 0 Å². The van der Waals surface area contributed by atoms with Gasteiger partial charge in [-0.25, -0.2) is 0 Å². The highest BCUT2D eigenvalue weighted by molar-refractivity contribution is 7.71. The fourth-order valence-corrected chi connectivity index (χ4v) is 2.19. The maximum Gasteiger partial charge on any atom is 0.104 e. The summed E-state index contributed by atoms with van der Waals surface area (Å²) >= 11 is 5.24. The maximum atomic E-state index is 5.24. The van der Waals surface area contributed by atoms with E-state index in [2.05, 4.69) is 22.1 Å². The summed E-state index contributed by atoms with van der Waals surface area (Å²) in [5.74, 6) is 0. The highest BCUT2D eigenvalue weighted by Gasteiger charge is 2.03. The molecule has 0 saturated heterocycles. The minimum atomic E-state index is 0.726. The number of nitrogens with one attached hydrogen (secondary N) is 1. The molecule has 2 nitrogen and oxygen atoms in total. The predicted octanol–water partition coefficient (Wildman–Crippen LogP) is 3.96. The quantitative estimate of drug-likeness (QED) is 0.650. The Balaban J connectivity index is 2.40. The first-order valence-electron chi connectivity index (χ1n) is 5.37. The van der Waals surface area contributed by atoms with Crippen LogP contribution >= 0.6 is 12.2 Å². The summed E-state index contributed by atoms with van der Waals surface area (Å²) < 4.78 is 0.726. The molecule has 2 aromatic heterocycles. The third-order valence-corrected chi connectivity index (χ3v) is 2.95. The molecule has 3 aromatic rings. The fourth-order valence-electron chi connectivity index (χ4n) is 1.96. The number of aromatic nitrogens is 2. The normalized spacial score (nSPS) is 10.6. The summed E-state index contributed by atoms with van der Waals surface area (Å²) in [6.45, 7) is 0. The van der Waals surface area contributed by atoms with Crippen LogP contribution in [0.1, 0.15) is 0 Å². The zero-order chi connectivity index (χ0) is 11.7. The second-order valence-electron chi connectivity index (χ2n) is 3.83. The van der Waals surface area contributed by atoms with E-state index in [0.29, 0.717) is 0 Å². The summed E-state index contributed by atoms with van der Waals surface area (Å²) in [4.78, 5) is 7.26. The minimum Gasteiger partial charge on any atom is -0.345 e. The van der Waals surface area contributed by atoms with Gasteiger partial charge in [-0.1, -0.05) is 42.5 Å². The van der Waals surface area contributed by atoms with Crippen molar-refractivity contribution in [2.45, 2.75) is 0 Å². The molecule has 0 spiro atoms. The SMILES string of the molecule is S=c1cc(-c2ccccc2)c2ccncc2[nH]1. The average Bonchev–Trinajstić information content (AvgIpc) is 2.39. The van der Waals surface area contributed by atoms with Crippen molar-refractivity contribution in [3.8, 4) is 11.1 Å². The lowest BCUT2D eigenvalue weighted by molar-refractivity contribution is 1.30. The van der Waals surface area contributed by atoms with Crippen LogP contribution < -0.4 is 0 Å². The summed E-state index contributed by atoms with van der Waals surface area (Å²) in [5, 5.41) is 1.14. The van der Waals surface area contributed by atoms with Crippen LogP contribution in [0.5, 0.6) is 0 Å². The Morgan fingerprint density at radius 2 is 1.88 bits per heavy atom. The van der Waals surface area contributed by atoms with Crippen LogP contribution in [-0.2, 0) is 0 Å². The fraction of sp³-hybridized carbons (Fsp3) is 0. The number of benzene rings is 1. The predicted molar refractivity (Wildman–Crippen MR) is 72.4 cm³/mol. The van der Waals surface area contributed by atoms with E-state index in [1.807, 2.05) is 30.3 Å². The Labute approximate surface area is 104 Å². The standard InChI is InChI=1S/C14H10N2S/c17-14-8-12(10-4-2-1-3-5-10)11-6-7-15-9-13(11)16-14/h1-9H,(H,16,17). The van der Waals surface area contributed by atoms with Gasteiger partial charge in [-0.2, -0.15) is 0 Å². The summed E-state index contributed by atoms with van der Waals surface area (Å²) in [5.41, 5.74) is 3.29. The lowest BCUT2D eigenvalue weighted by atomic mass is 10.0. The first-order valence-corrected chi connectivity index (χ1v) is 5.78. The van der Waals surface area contributed by atoms with E-state index < -0.39 is 0 Å². The van der Waals surface area contributed by atoms with Gasteiger partial charge < -0.3 is 4.98 Å². The van der Waals surface area contributed by atoms with Crippen molar-refractivity contribution in [2.24, 2.45) is 0 Å². The van der Waals surface area contributed by atoms with Crippen LogP contribution in [0.15, 0.2) is 54.9 Å². The number of hydrogen-bond donors (Lipinski definition) is 1. The molecular weight excluding hydrogens is 228 g/mol. The van der Waals surface area contributed by atoms with E-state index in [1.165, 1.54) is 5.56 Å². The molecule has 0 unspecified atom stereocenters. The molecule has 0 aliphatic carbocycles. The van der Waals surface area contributed by atoms with E-state index >= 15 is 0 Å². The van der Waals surface area contributed by atoms with Gasteiger partial charge in [0.05, 0.1) is 11.7 Å². The largest absolute Gasteiger partial charge is 0.345 e. The van der Waals surface area contributed by atoms with Gasteiger partial charge in [-0.15, -0.1) is 0 Å². The van der Waals surface area contributed by atoms with Crippen molar-refractivity contribution < 1.29 is 0 Å². The number of H-pyrrole nitrogens is 1. The van der Waals surface area contributed by atoms with E-state index in [4.69, 9.17) is 12.2 Å². The number of rotatable bonds is 1. The molecule has 0 aliphatic rings. The van der Waals surface area contributed by atoms with Crippen LogP contribution in [0.3, 0.4) is 0 Å². The number of nitrogens with zero attached hydrogens (tertiary/aromatic N) is 1. The molecule has 0 fully saturated rings. The van der Waals surface area contributed by atoms with Crippen molar-refractivity contribution >= 4 is 23.1 Å². The molecule has 1 aromatic carbocycles. The monoisotopic (exact) mass is 238 g/mol. The molecule has 0 amide bonds. The third-order valence-electron chi connectivity index (χ3n) is 2.73. The maximum absolute atomic E-state index is 5.24. The van der Waals surface area contributed by atoms with E-state index in [9.17, 15) is 0 Å². The number of fused-ring (bicyclic) bond motifs is 1. The summed E-state index contributed by atoms with van der Waals surface area (Å²) in [7, 11) is 0. The van der Waals surface area contributed by atoms with Gasteiger partial charge in [-0.05, 0) is 23.3 Å². The molecule has 0 radical (unpaired) electrons. The van der Waals surface area contributed by atoms with Crippen molar-refractivity contribution in [1.29, 1.82) is 0 Å². The Kier molecular flexibility index (Phi) is 2.46. The second-order valence-corrected chi connectivity index (χ2v) is 4.27. The molecule has 17 heavy (non-hydrogen) atoms. The van der Waals surface area contributed by atoms with Crippen molar-refractivity contribution in [3.05, 3.63) is 59.5 Å². The molecule has 0 aliphatic heterocycles. The van der Waals surface area contributed by atoms with Crippen LogP contribution in [-0.4, -0.2) is 9.97 Å². The topological polar surface area (TPSA) is 28.7 Å². The van der Waals surface area contributed by atoms with Gasteiger partial charge in [0.2, 0.25) is 0 Å². The molecule has 82 valence electrons. The van der Waals surface area contributed by atoms with Crippen LogP contribution in [0.2, 0.25) is 0 Å². The molecule has 0 saturated carbocycles. The number of pyridine rings is 2. The van der Waals surface area contributed by atoms with Gasteiger partial charge in [-0.3, -0.25) is 4.98 Å². The minimum absolute atomic E-state index is 0.726. The Morgan fingerprint density at radius 1 is 1.06 bits per heavy atom. The Bertz CT molecular complexity index is 717. The molecule has 3 heteroatoms.